The van der Waals surface area contributed by atoms with Crippen LogP contribution in [0, 0.1) is 10.1 Å². The van der Waals surface area contributed by atoms with Crippen molar-refractivity contribution in [2.75, 3.05) is 20.0 Å². The van der Waals surface area contributed by atoms with Gasteiger partial charge < -0.3 is 19.9 Å². The van der Waals surface area contributed by atoms with E-state index in [1.165, 1.54) is 26.4 Å². The summed E-state index contributed by atoms with van der Waals surface area (Å²) in [7, 11) is 3.02. The lowest BCUT2D eigenvalue weighted by Crippen LogP contribution is -2.07. The molecule has 0 unspecified atom stereocenters. The zero-order chi connectivity index (χ0) is 17.7. The Morgan fingerprint density at radius 3 is 2.54 bits per heavy atom. The van der Waals surface area contributed by atoms with Crippen molar-refractivity contribution in [3.05, 3.63) is 57.6 Å². The highest BCUT2D eigenvalue weighted by atomic mass is 16.6. The number of nitrogen functional groups attached to an aromatic ring is 1. The molecule has 2 aromatic carbocycles. The van der Waals surface area contributed by atoms with Crippen LogP contribution in [0.5, 0.6) is 11.5 Å². The molecule has 0 aliphatic rings. The van der Waals surface area contributed by atoms with Crippen molar-refractivity contribution in [1.82, 2.24) is 0 Å². The number of nitro benzene ring substituents is 1. The predicted octanol–water partition coefficient (Wildman–Crippen LogP) is 2.55. The average Bonchev–Trinajstić information content (AvgIpc) is 2.59. The van der Waals surface area contributed by atoms with Crippen LogP contribution in [0.15, 0.2) is 36.4 Å². The van der Waals surface area contributed by atoms with Crippen LogP contribution in [-0.2, 0) is 11.3 Å². The third kappa shape index (κ3) is 3.72. The van der Waals surface area contributed by atoms with Crippen molar-refractivity contribution in [3.8, 4) is 11.5 Å². The van der Waals surface area contributed by atoms with Gasteiger partial charge in [-0.1, -0.05) is 0 Å². The highest BCUT2D eigenvalue weighted by molar-refractivity contribution is 5.91. The second-order valence-corrected chi connectivity index (χ2v) is 4.78. The van der Waals surface area contributed by atoms with Gasteiger partial charge in [-0.3, -0.25) is 10.1 Å². The Morgan fingerprint density at radius 2 is 1.92 bits per heavy atom. The number of methoxy groups -OCH3 is 2. The minimum atomic E-state index is -0.706. The van der Waals surface area contributed by atoms with Crippen LogP contribution in [0.2, 0.25) is 0 Å². The highest BCUT2D eigenvalue weighted by Gasteiger charge is 2.17. The van der Waals surface area contributed by atoms with Crippen molar-refractivity contribution in [2.45, 2.75) is 6.61 Å². The van der Waals surface area contributed by atoms with Crippen molar-refractivity contribution >= 4 is 17.3 Å². The first-order valence-corrected chi connectivity index (χ1v) is 6.88. The summed E-state index contributed by atoms with van der Waals surface area (Å²) in [5.74, 6) is 0.417. The Morgan fingerprint density at radius 1 is 1.17 bits per heavy atom. The molecule has 0 bridgehead atoms. The van der Waals surface area contributed by atoms with Gasteiger partial charge in [0.15, 0.2) is 0 Å². The molecule has 0 saturated carbocycles. The minimum Gasteiger partial charge on any atom is -0.497 e. The lowest BCUT2D eigenvalue weighted by atomic mass is 10.1. The summed E-state index contributed by atoms with van der Waals surface area (Å²) in [5, 5.41) is 10.9. The number of esters is 1. The van der Waals surface area contributed by atoms with Crippen molar-refractivity contribution < 1.29 is 23.9 Å². The fraction of sp³-hybridized carbons (Fsp3) is 0.188. The molecule has 0 aromatic heterocycles. The first-order valence-electron chi connectivity index (χ1n) is 6.88. The van der Waals surface area contributed by atoms with Gasteiger partial charge in [0.05, 0.1) is 24.7 Å². The number of nitrogens with two attached hydrogens (primary N) is 1. The molecule has 0 amide bonds. The second kappa shape index (κ2) is 7.32. The molecule has 0 aliphatic heterocycles. The van der Waals surface area contributed by atoms with Gasteiger partial charge in [-0.25, -0.2) is 4.79 Å². The molecule has 2 rings (SSSR count). The van der Waals surface area contributed by atoms with Crippen LogP contribution in [0.1, 0.15) is 15.9 Å². The number of carbonyl (C=O) groups is 1. The number of nitro groups is 1. The van der Waals surface area contributed by atoms with Gasteiger partial charge in [-0.2, -0.15) is 0 Å². The summed E-state index contributed by atoms with van der Waals surface area (Å²) in [5.41, 5.74) is 5.78. The first kappa shape index (κ1) is 17.1. The highest BCUT2D eigenvalue weighted by Crippen LogP contribution is 2.26. The third-order valence-corrected chi connectivity index (χ3v) is 3.31. The molecular formula is C16H16N2O6. The summed E-state index contributed by atoms with van der Waals surface area (Å²) in [6.45, 7) is -0.0720. The predicted molar refractivity (Wildman–Crippen MR) is 86.2 cm³/mol. The zero-order valence-electron chi connectivity index (χ0n) is 13.1. The van der Waals surface area contributed by atoms with E-state index in [-0.39, 0.29) is 23.5 Å². The molecule has 0 aliphatic carbocycles. The van der Waals surface area contributed by atoms with Crippen LogP contribution in [0.25, 0.3) is 0 Å². The van der Waals surface area contributed by atoms with E-state index in [2.05, 4.69) is 0 Å². The van der Waals surface area contributed by atoms with Crippen molar-refractivity contribution in [3.63, 3.8) is 0 Å². The quantitative estimate of drug-likeness (QED) is 0.374. The Labute approximate surface area is 137 Å². The van der Waals surface area contributed by atoms with E-state index < -0.39 is 10.9 Å². The molecule has 0 heterocycles. The van der Waals surface area contributed by atoms with E-state index in [0.29, 0.717) is 17.1 Å². The number of anilines is 1. The smallest absolute Gasteiger partial charge is 0.338 e. The lowest BCUT2D eigenvalue weighted by molar-refractivity contribution is -0.383. The summed E-state index contributed by atoms with van der Waals surface area (Å²) >= 11 is 0. The van der Waals surface area contributed by atoms with Crippen LogP contribution >= 0.6 is 0 Å². The standard InChI is InChI=1S/C16H16N2O6/c1-22-12-4-6-15(23-2)11(7-12)9-24-16(19)10-3-5-13(17)14(8-10)18(20)21/h3-8H,9,17H2,1-2H3. The van der Waals surface area contributed by atoms with E-state index in [4.69, 9.17) is 19.9 Å². The van der Waals surface area contributed by atoms with Gasteiger partial charge in [0.1, 0.15) is 23.8 Å². The van der Waals surface area contributed by atoms with E-state index in [1.54, 1.807) is 18.2 Å². The number of nitrogens with zero attached hydrogens (tertiary/aromatic N) is 1. The lowest BCUT2D eigenvalue weighted by Gasteiger charge is -2.11. The van der Waals surface area contributed by atoms with Crippen LogP contribution in [0.3, 0.4) is 0 Å². The maximum Gasteiger partial charge on any atom is 0.338 e. The first-order chi connectivity index (χ1) is 11.5. The number of rotatable bonds is 6. The van der Waals surface area contributed by atoms with Crippen molar-refractivity contribution in [1.29, 1.82) is 0 Å². The normalized spacial score (nSPS) is 10.1. The van der Waals surface area contributed by atoms with Gasteiger partial charge in [0.2, 0.25) is 0 Å². The minimum absolute atomic E-state index is 0.0222. The van der Waals surface area contributed by atoms with Crippen LogP contribution in [-0.4, -0.2) is 25.1 Å². The molecule has 2 N–H and O–H groups in total. The fourth-order valence-corrected chi connectivity index (χ4v) is 2.05. The zero-order valence-corrected chi connectivity index (χ0v) is 13.1. The van der Waals surface area contributed by atoms with Gasteiger partial charge in [0.25, 0.3) is 5.69 Å². The molecule has 8 nitrogen and oxygen atoms in total. The molecule has 0 radical (unpaired) electrons. The largest absolute Gasteiger partial charge is 0.497 e. The summed E-state index contributed by atoms with van der Waals surface area (Å²) in [6, 6.07) is 8.83. The van der Waals surface area contributed by atoms with E-state index in [0.717, 1.165) is 6.07 Å². The number of hydrogen-bond acceptors (Lipinski definition) is 7. The Kier molecular flexibility index (Phi) is 5.20. The molecule has 0 atom stereocenters. The van der Waals surface area contributed by atoms with Gasteiger partial charge in [0, 0.05) is 11.6 Å². The van der Waals surface area contributed by atoms with Crippen molar-refractivity contribution in [2.24, 2.45) is 0 Å². The SMILES string of the molecule is COc1ccc(OC)c(COC(=O)c2ccc(N)c([N+](=O)[O-])c2)c1. The van der Waals surface area contributed by atoms with Gasteiger partial charge in [-0.15, -0.1) is 0 Å². The maximum absolute atomic E-state index is 12.1. The summed E-state index contributed by atoms with van der Waals surface area (Å²) in [6.07, 6.45) is 0. The molecule has 0 saturated heterocycles. The van der Waals surface area contributed by atoms with E-state index >= 15 is 0 Å². The number of carbonyl (C=O) groups excluding carboxylic acids is 1. The molecular weight excluding hydrogens is 316 g/mol. The molecule has 0 fully saturated rings. The Balaban J connectivity index is 2.16. The Bertz CT molecular complexity index is 775. The van der Waals surface area contributed by atoms with Gasteiger partial charge >= 0.3 is 5.97 Å². The summed E-state index contributed by atoms with van der Waals surface area (Å²) in [4.78, 5) is 22.3. The van der Waals surface area contributed by atoms with E-state index in [1.807, 2.05) is 0 Å². The molecule has 126 valence electrons. The monoisotopic (exact) mass is 332 g/mol. The molecule has 2 aromatic rings. The third-order valence-electron chi connectivity index (χ3n) is 3.31. The topological polar surface area (TPSA) is 114 Å². The second-order valence-electron chi connectivity index (χ2n) is 4.78. The average molecular weight is 332 g/mol. The molecule has 8 heteroatoms. The van der Waals surface area contributed by atoms with Crippen LogP contribution < -0.4 is 15.2 Å². The maximum atomic E-state index is 12.1. The summed E-state index contributed by atoms with van der Waals surface area (Å²) < 4.78 is 15.5. The van der Waals surface area contributed by atoms with E-state index in [9.17, 15) is 14.9 Å². The molecule has 24 heavy (non-hydrogen) atoms. The van der Waals surface area contributed by atoms with Gasteiger partial charge in [-0.05, 0) is 30.3 Å². The fourth-order valence-electron chi connectivity index (χ4n) is 2.05. The number of ether oxygens (including phenoxy) is 3. The number of benzene rings is 2. The Hall–Kier alpha value is -3.29. The molecule has 0 spiro atoms. The number of hydrogen-bond donors (Lipinski definition) is 1. The van der Waals surface area contributed by atoms with Crippen LogP contribution in [0.4, 0.5) is 11.4 Å².